The Labute approximate surface area is 160 Å². The Morgan fingerprint density at radius 3 is 2.55 bits per heavy atom. The summed E-state index contributed by atoms with van der Waals surface area (Å²) in [6.07, 6.45) is 1.90. The van der Waals surface area contributed by atoms with Crippen LogP contribution in [0.5, 0.6) is 0 Å². The summed E-state index contributed by atoms with van der Waals surface area (Å²) in [5.74, 6) is -0.0819. The van der Waals surface area contributed by atoms with Gasteiger partial charge in [0.15, 0.2) is 4.32 Å². The second-order valence-electron chi connectivity index (χ2n) is 4.49. The van der Waals surface area contributed by atoms with E-state index in [2.05, 4.69) is 38.5 Å². The quantitative estimate of drug-likeness (QED) is 0.309. The Hall–Kier alpha value is -0.700. The number of benzene rings is 2. The molecule has 2 aromatic carbocycles. The molecule has 110 valence electrons. The van der Waals surface area contributed by atoms with Crippen molar-refractivity contribution in [3.63, 3.8) is 0 Å². The molecule has 0 bridgehead atoms. The first kappa shape index (κ1) is 16.2. The van der Waals surface area contributed by atoms with Crippen molar-refractivity contribution in [2.75, 3.05) is 4.90 Å². The second-order valence-corrected chi connectivity index (χ2v) is 8.18. The molecule has 0 aliphatic carbocycles. The van der Waals surface area contributed by atoms with E-state index in [1.54, 1.807) is 4.90 Å². The molecule has 1 fully saturated rings. The monoisotopic (exact) mass is 501 g/mol. The average Bonchev–Trinajstić information content (AvgIpc) is 2.77. The molecule has 1 amide bonds. The van der Waals surface area contributed by atoms with Gasteiger partial charge < -0.3 is 0 Å². The summed E-state index contributed by atoms with van der Waals surface area (Å²) in [6.45, 7) is 0. The van der Waals surface area contributed by atoms with E-state index >= 15 is 0 Å². The minimum absolute atomic E-state index is 0.0819. The van der Waals surface area contributed by atoms with Crippen LogP contribution in [0.3, 0.4) is 0 Å². The first-order valence-electron chi connectivity index (χ1n) is 6.35. The lowest BCUT2D eigenvalue weighted by atomic mass is 10.2. The summed E-state index contributed by atoms with van der Waals surface area (Å²) in [5.41, 5.74) is 1.80. The summed E-state index contributed by atoms with van der Waals surface area (Å²) in [5, 5.41) is 0. The lowest BCUT2D eigenvalue weighted by Crippen LogP contribution is -2.27. The summed E-state index contributed by atoms with van der Waals surface area (Å²) in [7, 11) is 0. The molecule has 22 heavy (non-hydrogen) atoms. The number of para-hydroxylation sites is 1. The zero-order valence-corrected chi connectivity index (χ0v) is 16.5. The summed E-state index contributed by atoms with van der Waals surface area (Å²) >= 11 is 12.5. The fourth-order valence-electron chi connectivity index (χ4n) is 2.04. The minimum Gasteiger partial charge on any atom is -0.268 e. The molecule has 2 nitrogen and oxygen atoms in total. The van der Waals surface area contributed by atoms with Gasteiger partial charge in [0.25, 0.3) is 5.91 Å². The van der Waals surface area contributed by atoms with Gasteiger partial charge in [-0.25, -0.2) is 0 Å². The number of carbonyl (C=O) groups excluding carboxylic acids is 1. The lowest BCUT2D eigenvalue weighted by molar-refractivity contribution is -0.113. The fraction of sp³-hybridized carbons (Fsp3) is 0. The van der Waals surface area contributed by atoms with Gasteiger partial charge in [-0.15, -0.1) is 0 Å². The maximum absolute atomic E-state index is 12.7. The molecule has 1 saturated heterocycles. The Morgan fingerprint density at radius 1 is 1.14 bits per heavy atom. The van der Waals surface area contributed by atoms with Crippen molar-refractivity contribution in [2.24, 2.45) is 0 Å². The SMILES string of the molecule is O=C1C(=Cc2ccccc2I)SC(=S)N1c1ccccc1Br. The van der Waals surface area contributed by atoms with Crippen LogP contribution in [0.1, 0.15) is 5.56 Å². The van der Waals surface area contributed by atoms with Crippen LogP contribution < -0.4 is 4.90 Å². The molecule has 1 aliphatic rings. The number of rotatable bonds is 2. The van der Waals surface area contributed by atoms with Crippen molar-refractivity contribution in [3.8, 4) is 0 Å². The molecule has 0 saturated carbocycles. The van der Waals surface area contributed by atoms with Crippen LogP contribution in [-0.4, -0.2) is 10.2 Å². The predicted molar refractivity (Wildman–Crippen MR) is 109 cm³/mol. The number of hydrogen-bond acceptors (Lipinski definition) is 3. The van der Waals surface area contributed by atoms with E-state index in [1.165, 1.54) is 11.8 Å². The van der Waals surface area contributed by atoms with Gasteiger partial charge in [0.2, 0.25) is 0 Å². The predicted octanol–water partition coefficient (Wildman–Crippen LogP) is 5.46. The zero-order chi connectivity index (χ0) is 15.7. The van der Waals surface area contributed by atoms with Crippen molar-refractivity contribution in [2.45, 2.75) is 0 Å². The number of anilines is 1. The summed E-state index contributed by atoms with van der Waals surface area (Å²) < 4.78 is 2.50. The van der Waals surface area contributed by atoms with E-state index in [4.69, 9.17) is 12.2 Å². The first-order valence-corrected chi connectivity index (χ1v) is 9.44. The number of halogens is 2. The average molecular weight is 502 g/mol. The van der Waals surface area contributed by atoms with Crippen LogP contribution in [0.2, 0.25) is 0 Å². The molecule has 6 heteroatoms. The molecular weight excluding hydrogens is 493 g/mol. The first-order chi connectivity index (χ1) is 10.6. The van der Waals surface area contributed by atoms with E-state index in [9.17, 15) is 4.79 Å². The van der Waals surface area contributed by atoms with Gasteiger partial charge in [-0.05, 0) is 68.4 Å². The number of carbonyl (C=O) groups is 1. The smallest absolute Gasteiger partial charge is 0.268 e. The molecule has 2 aromatic rings. The van der Waals surface area contributed by atoms with Gasteiger partial charge in [0.1, 0.15) is 0 Å². The van der Waals surface area contributed by atoms with Crippen LogP contribution in [0.4, 0.5) is 5.69 Å². The number of thioether (sulfide) groups is 1. The van der Waals surface area contributed by atoms with Crippen molar-refractivity contribution in [1.29, 1.82) is 0 Å². The van der Waals surface area contributed by atoms with E-state index in [1.807, 2.05) is 54.6 Å². The minimum atomic E-state index is -0.0819. The van der Waals surface area contributed by atoms with E-state index < -0.39 is 0 Å². The standard InChI is InChI=1S/C16H9BrINOS2/c17-11-6-2-4-8-13(11)19-15(20)14(22-16(19)21)9-10-5-1-3-7-12(10)18/h1-9H. The third-order valence-corrected chi connectivity index (χ3v) is 6.03. The number of amides is 1. The molecular formula is C16H9BrINOS2. The van der Waals surface area contributed by atoms with Crippen LogP contribution >= 0.6 is 62.5 Å². The van der Waals surface area contributed by atoms with E-state index in [-0.39, 0.29) is 5.91 Å². The highest BCUT2D eigenvalue weighted by Crippen LogP contribution is 2.39. The molecule has 1 aliphatic heterocycles. The molecule has 0 radical (unpaired) electrons. The highest BCUT2D eigenvalue weighted by molar-refractivity contribution is 14.1. The van der Waals surface area contributed by atoms with Gasteiger partial charge in [-0.3, -0.25) is 9.69 Å². The Kier molecular flexibility index (Phi) is 5.01. The Morgan fingerprint density at radius 2 is 1.82 bits per heavy atom. The van der Waals surface area contributed by atoms with Crippen LogP contribution in [-0.2, 0) is 4.79 Å². The number of hydrogen-bond donors (Lipinski definition) is 0. The Bertz CT molecular complexity index is 806. The molecule has 0 unspecified atom stereocenters. The summed E-state index contributed by atoms with van der Waals surface area (Å²) in [4.78, 5) is 14.9. The number of thiocarbonyl (C=S) groups is 1. The third kappa shape index (κ3) is 3.15. The van der Waals surface area contributed by atoms with Crippen LogP contribution in [0.25, 0.3) is 6.08 Å². The van der Waals surface area contributed by atoms with Gasteiger partial charge in [-0.2, -0.15) is 0 Å². The largest absolute Gasteiger partial charge is 0.270 e. The number of nitrogens with zero attached hydrogens (tertiary/aromatic N) is 1. The van der Waals surface area contributed by atoms with Crippen molar-refractivity contribution in [3.05, 3.63) is 67.0 Å². The fourth-order valence-corrected chi connectivity index (χ4v) is 4.32. The van der Waals surface area contributed by atoms with Crippen LogP contribution in [0, 0.1) is 3.57 Å². The maximum atomic E-state index is 12.7. The molecule has 0 atom stereocenters. The van der Waals surface area contributed by atoms with E-state index in [0.717, 1.165) is 19.3 Å². The second kappa shape index (κ2) is 6.82. The lowest BCUT2D eigenvalue weighted by Gasteiger charge is -2.15. The highest BCUT2D eigenvalue weighted by Gasteiger charge is 2.34. The normalized spacial score (nSPS) is 16.6. The third-order valence-electron chi connectivity index (χ3n) is 3.08. The van der Waals surface area contributed by atoms with Crippen molar-refractivity contribution < 1.29 is 4.79 Å². The van der Waals surface area contributed by atoms with Gasteiger partial charge in [0, 0.05) is 8.04 Å². The van der Waals surface area contributed by atoms with Gasteiger partial charge in [-0.1, -0.05) is 54.3 Å². The summed E-state index contributed by atoms with van der Waals surface area (Å²) in [6, 6.07) is 15.5. The van der Waals surface area contributed by atoms with E-state index in [0.29, 0.717) is 9.23 Å². The van der Waals surface area contributed by atoms with Crippen molar-refractivity contribution in [1.82, 2.24) is 0 Å². The molecule has 0 aromatic heterocycles. The van der Waals surface area contributed by atoms with Gasteiger partial charge >= 0.3 is 0 Å². The van der Waals surface area contributed by atoms with Gasteiger partial charge in [0.05, 0.1) is 10.6 Å². The highest BCUT2D eigenvalue weighted by atomic mass is 127. The molecule has 3 rings (SSSR count). The topological polar surface area (TPSA) is 20.3 Å². The molecule has 1 heterocycles. The Balaban J connectivity index is 1.99. The zero-order valence-electron chi connectivity index (χ0n) is 11.1. The molecule has 0 N–H and O–H groups in total. The molecule has 0 spiro atoms. The van der Waals surface area contributed by atoms with Crippen LogP contribution in [0.15, 0.2) is 57.9 Å². The maximum Gasteiger partial charge on any atom is 0.270 e. The van der Waals surface area contributed by atoms with Crippen molar-refractivity contribution >= 4 is 84.5 Å².